The van der Waals surface area contributed by atoms with Gasteiger partial charge >= 0.3 is 0 Å². The van der Waals surface area contributed by atoms with Crippen LogP contribution in [-0.4, -0.2) is 16.8 Å². The highest BCUT2D eigenvalue weighted by molar-refractivity contribution is 5.56. The fraction of sp³-hybridized carbons (Fsp3) is 0.231. The molecule has 3 rings (SSSR count). The van der Waals surface area contributed by atoms with E-state index in [1.807, 2.05) is 25.1 Å². The first kappa shape index (κ1) is 12.5. The molecule has 0 spiro atoms. The maximum Gasteiger partial charge on any atom is 0.231 e. The van der Waals surface area contributed by atoms with Crippen molar-refractivity contribution >= 4 is 11.6 Å². The first-order valence-electron chi connectivity index (χ1n) is 6.18. The summed E-state index contributed by atoms with van der Waals surface area (Å²) in [6.45, 7) is 2.80. The molecule has 2 heterocycles. The van der Waals surface area contributed by atoms with E-state index >= 15 is 0 Å². The Bertz CT molecular complexity index is 632. The monoisotopic (exact) mass is 273 g/mol. The lowest BCUT2D eigenvalue weighted by Crippen LogP contribution is -2.12. The van der Waals surface area contributed by atoms with Gasteiger partial charge in [0.25, 0.3) is 0 Å². The quantitative estimate of drug-likeness (QED) is 0.572. The van der Waals surface area contributed by atoms with Crippen LogP contribution < -0.4 is 26.1 Å². The highest BCUT2D eigenvalue weighted by atomic mass is 16.7. The molecule has 2 aromatic rings. The van der Waals surface area contributed by atoms with E-state index in [2.05, 4.69) is 20.7 Å². The molecule has 1 aliphatic rings. The second kappa shape index (κ2) is 5.22. The number of anilines is 2. The van der Waals surface area contributed by atoms with Gasteiger partial charge in [-0.3, -0.25) is 0 Å². The zero-order chi connectivity index (χ0) is 13.9. The average molecular weight is 273 g/mol. The molecule has 0 fully saturated rings. The van der Waals surface area contributed by atoms with Crippen LogP contribution in [0.1, 0.15) is 11.1 Å². The van der Waals surface area contributed by atoms with E-state index in [4.69, 9.17) is 15.3 Å². The molecule has 20 heavy (non-hydrogen) atoms. The number of ether oxygens (including phenoxy) is 2. The van der Waals surface area contributed by atoms with Gasteiger partial charge in [-0.25, -0.2) is 15.8 Å². The van der Waals surface area contributed by atoms with Gasteiger partial charge in [-0.05, 0) is 24.6 Å². The molecular weight excluding hydrogens is 258 g/mol. The standard InChI is InChI=1S/C13H15N5O2/c1-8-12(16-6-17-13(8)18-14)15-5-9-2-3-10-11(4-9)20-7-19-10/h2-4,6H,5,7,14H2,1H3,(H2,15,16,17,18). The minimum Gasteiger partial charge on any atom is -0.454 e. The largest absolute Gasteiger partial charge is 0.454 e. The van der Waals surface area contributed by atoms with Crippen molar-refractivity contribution in [3.05, 3.63) is 35.7 Å². The van der Waals surface area contributed by atoms with Crippen LogP contribution in [0.2, 0.25) is 0 Å². The number of nitrogens with one attached hydrogen (secondary N) is 2. The molecule has 104 valence electrons. The third kappa shape index (κ3) is 2.30. The van der Waals surface area contributed by atoms with Crippen LogP contribution in [-0.2, 0) is 6.54 Å². The molecule has 1 aromatic heterocycles. The Kier molecular flexibility index (Phi) is 3.26. The smallest absolute Gasteiger partial charge is 0.231 e. The third-order valence-corrected chi connectivity index (χ3v) is 3.12. The van der Waals surface area contributed by atoms with Crippen molar-refractivity contribution < 1.29 is 9.47 Å². The van der Waals surface area contributed by atoms with Crippen molar-refractivity contribution in [1.82, 2.24) is 9.97 Å². The summed E-state index contributed by atoms with van der Waals surface area (Å²) in [5.74, 6) is 8.29. The van der Waals surface area contributed by atoms with Crippen LogP contribution in [0.15, 0.2) is 24.5 Å². The summed E-state index contributed by atoms with van der Waals surface area (Å²) in [5.41, 5.74) is 4.49. The molecule has 0 atom stereocenters. The van der Waals surface area contributed by atoms with E-state index in [-0.39, 0.29) is 6.79 Å². The van der Waals surface area contributed by atoms with Gasteiger partial charge in [0.2, 0.25) is 6.79 Å². The van der Waals surface area contributed by atoms with E-state index < -0.39 is 0 Å². The van der Waals surface area contributed by atoms with E-state index in [0.717, 1.165) is 28.4 Å². The maximum absolute atomic E-state index is 5.39. The topological polar surface area (TPSA) is 94.3 Å². The minimum atomic E-state index is 0.281. The summed E-state index contributed by atoms with van der Waals surface area (Å²) in [5, 5.41) is 3.25. The van der Waals surface area contributed by atoms with Gasteiger partial charge in [-0.15, -0.1) is 0 Å². The summed E-state index contributed by atoms with van der Waals surface area (Å²) in [4.78, 5) is 8.24. The molecule has 0 saturated heterocycles. The van der Waals surface area contributed by atoms with Gasteiger partial charge in [0.05, 0.1) is 0 Å². The van der Waals surface area contributed by atoms with Crippen LogP contribution in [0, 0.1) is 6.92 Å². The van der Waals surface area contributed by atoms with E-state index in [1.54, 1.807) is 0 Å². The molecular formula is C13H15N5O2. The van der Waals surface area contributed by atoms with Gasteiger partial charge in [0.1, 0.15) is 18.0 Å². The Morgan fingerprint density at radius 1 is 1.20 bits per heavy atom. The lowest BCUT2D eigenvalue weighted by atomic mass is 10.2. The van der Waals surface area contributed by atoms with Gasteiger partial charge in [0.15, 0.2) is 11.5 Å². The number of nitrogen functional groups attached to an aromatic ring is 1. The Balaban J connectivity index is 1.73. The number of nitrogens with zero attached hydrogens (tertiary/aromatic N) is 2. The zero-order valence-corrected chi connectivity index (χ0v) is 11.0. The molecule has 7 heteroatoms. The number of nitrogens with two attached hydrogens (primary N) is 1. The van der Waals surface area contributed by atoms with Crippen LogP contribution in [0.3, 0.4) is 0 Å². The normalized spacial score (nSPS) is 12.3. The summed E-state index contributed by atoms with van der Waals surface area (Å²) in [6.07, 6.45) is 1.46. The van der Waals surface area contributed by atoms with Crippen molar-refractivity contribution in [2.75, 3.05) is 17.5 Å². The number of benzene rings is 1. The molecule has 0 radical (unpaired) electrons. The van der Waals surface area contributed by atoms with Crippen LogP contribution in [0.4, 0.5) is 11.6 Å². The molecule has 1 aromatic carbocycles. The molecule has 1 aliphatic heterocycles. The third-order valence-electron chi connectivity index (χ3n) is 3.12. The Morgan fingerprint density at radius 3 is 2.85 bits per heavy atom. The van der Waals surface area contributed by atoms with Gasteiger partial charge < -0.3 is 20.2 Å². The van der Waals surface area contributed by atoms with Crippen molar-refractivity contribution in [3.8, 4) is 11.5 Å². The van der Waals surface area contributed by atoms with Crippen molar-refractivity contribution in [1.29, 1.82) is 0 Å². The Hall–Kier alpha value is -2.54. The fourth-order valence-corrected chi connectivity index (χ4v) is 2.01. The molecule has 4 N–H and O–H groups in total. The van der Waals surface area contributed by atoms with E-state index in [0.29, 0.717) is 12.4 Å². The molecule has 0 saturated carbocycles. The SMILES string of the molecule is Cc1c(NN)ncnc1NCc1ccc2c(c1)OCO2. The minimum absolute atomic E-state index is 0.281. The first-order valence-corrected chi connectivity index (χ1v) is 6.18. The molecule has 0 aliphatic carbocycles. The van der Waals surface area contributed by atoms with Crippen LogP contribution in [0.25, 0.3) is 0 Å². The number of hydrazine groups is 1. The summed E-state index contributed by atoms with van der Waals surface area (Å²) in [7, 11) is 0. The van der Waals surface area contributed by atoms with Crippen LogP contribution >= 0.6 is 0 Å². The zero-order valence-electron chi connectivity index (χ0n) is 11.0. The summed E-state index contributed by atoms with van der Waals surface area (Å²) in [6, 6.07) is 5.84. The predicted molar refractivity (Wildman–Crippen MR) is 74.5 cm³/mol. The van der Waals surface area contributed by atoms with E-state index in [9.17, 15) is 0 Å². The second-order valence-electron chi connectivity index (χ2n) is 4.38. The lowest BCUT2D eigenvalue weighted by molar-refractivity contribution is 0.174. The van der Waals surface area contributed by atoms with Gasteiger partial charge in [0, 0.05) is 12.1 Å². The second-order valence-corrected chi connectivity index (χ2v) is 4.38. The van der Waals surface area contributed by atoms with E-state index in [1.165, 1.54) is 6.33 Å². The molecule has 0 unspecified atom stereocenters. The van der Waals surface area contributed by atoms with Gasteiger partial charge in [-0.1, -0.05) is 6.07 Å². The molecule has 7 nitrogen and oxygen atoms in total. The fourth-order valence-electron chi connectivity index (χ4n) is 2.01. The maximum atomic E-state index is 5.39. The summed E-state index contributed by atoms with van der Waals surface area (Å²) >= 11 is 0. The number of fused-ring (bicyclic) bond motifs is 1. The van der Waals surface area contributed by atoms with Crippen molar-refractivity contribution in [3.63, 3.8) is 0 Å². The highest BCUT2D eigenvalue weighted by Gasteiger charge is 2.13. The number of hydrogen-bond acceptors (Lipinski definition) is 7. The Morgan fingerprint density at radius 2 is 2.00 bits per heavy atom. The van der Waals surface area contributed by atoms with Gasteiger partial charge in [-0.2, -0.15) is 0 Å². The number of hydrogen-bond donors (Lipinski definition) is 3. The first-order chi connectivity index (χ1) is 9.78. The molecule has 0 amide bonds. The number of rotatable bonds is 4. The number of aromatic nitrogens is 2. The predicted octanol–water partition coefficient (Wildman–Crippen LogP) is 1.41. The Labute approximate surface area is 116 Å². The van der Waals surface area contributed by atoms with Crippen LogP contribution in [0.5, 0.6) is 11.5 Å². The van der Waals surface area contributed by atoms with Crippen molar-refractivity contribution in [2.24, 2.45) is 5.84 Å². The molecule has 0 bridgehead atoms. The summed E-state index contributed by atoms with van der Waals surface area (Å²) < 4.78 is 10.6. The lowest BCUT2D eigenvalue weighted by Gasteiger charge is -2.11. The van der Waals surface area contributed by atoms with Crippen molar-refractivity contribution in [2.45, 2.75) is 13.5 Å². The highest BCUT2D eigenvalue weighted by Crippen LogP contribution is 2.32. The average Bonchev–Trinajstić information content (AvgIpc) is 2.93.